The van der Waals surface area contributed by atoms with Gasteiger partial charge in [-0.3, -0.25) is 4.79 Å². The third-order valence-electron chi connectivity index (χ3n) is 5.58. The highest BCUT2D eigenvalue weighted by atomic mass is 79.9. The molecule has 0 bridgehead atoms. The van der Waals surface area contributed by atoms with Gasteiger partial charge in [0.15, 0.2) is 0 Å². The van der Waals surface area contributed by atoms with Crippen molar-refractivity contribution in [3.63, 3.8) is 0 Å². The molecule has 1 fully saturated rings. The fraction of sp³-hybridized carbons (Fsp3) is 0.391. The molecule has 0 spiro atoms. The van der Waals surface area contributed by atoms with E-state index in [-0.39, 0.29) is 11.8 Å². The number of anilines is 1. The Kier molecular flexibility index (Phi) is 6.09. The molecule has 1 aromatic carbocycles. The number of hydrogen-bond donors (Lipinski definition) is 0. The first-order chi connectivity index (χ1) is 14.8. The second kappa shape index (κ2) is 8.78. The average Bonchev–Trinajstić information content (AvgIpc) is 3.14. The van der Waals surface area contributed by atoms with Gasteiger partial charge in [-0.2, -0.15) is 5.10 Å². The van der Waals surface area contributed by atoms with Crippen LogP contribution in [0, 0.1) is 13.8 Å². The predicted molar refractivity (Wildman–Crippen MR) is 125 cm³/mol. The van der Waals surface area contributed by atoms with Crippen LogP contribution in [0.15, 0.2) is 41.0 Å². The molecule has 0 radical (unpaired) electrons. The minimum Gasteiger partial charge on any atom is -0.353 e. The molecule has 8 heteroatoms. The topological polar surface area (TPSA) is 67.2 Å². The molecule has 1 aliphatic rings. The number of nitrogens with zero attached hydrogens (tertiary/aromatic N) is 6. The number of hydrogen-bond acceptors (Lipinski definition) is 5. The Morgan fingerprint density at radius 3 is 2.35 bits per heavy atom. The highest BCUT2D eigenvalue weighted by Crippen LogP contribution is 2.21. The number of carbonyl (C=O) groups is 1. The lowest BCUT2D eigenvalue weighted by Crippen LogP contribution is -2.49. The van der Waals surface area contributed by atoms with E-state index in [0.29, 0.717) is 18.7 Å². The van der Waals surface area contributed by atoms with E-state index in [2.05, 4.69) is 44.8 Å². The Morgan fingerprint density at radius 2 is 1.71 bits per heavy atom. The molecular weight excluding hydrogens is 456 g/mol. The summed E-state index contributed by atoms with van der Waals surface area (Å²) in [4.78, 5) is 26.6. The fourth-order valence-electron chi connectivity index (χ4n) is 3.77. The van der Waals surface area contributed by atoms with E-state index in [1.165, 1.54) is 0 Å². The second-order valence-corrected chi connectivity index (χ2v) is 9.11. The van der Waals surface area contributed by atoms with Gasteiger partial charge in [0.25, 0.3) is 5.91 Å². The van der Waals surface area contributed by atoms with Crippen LogP contribution in [-0.4, -0.2) is 56.7 Å². The summed E-state index contributed by atoms with van der Waals surface area (Å²) in [6.07, 6.45) is 1.68. The highest BCUT2D eigenvalue weighted by molar-refractivity contribution is 9.10. The molecule has 1 saturated heterocycles. The number of aryl methyl sites for hydroxylation is 1. The zero-order valence-electron chi connectivity index (χ0n) is 18.3. The lowest BCUT2D eigenvalue weighted by molar-refractivity contribution is 0.0745. The van der Waals surface area contributed by atoms with Gasteiger partial charge in [0, 0.05) is 48.3 Å². The van der Waals surface area contributed by atoms with Crippen molar-refractivity contribution in [1.29, 1.82) is 0 Å². The molecule has 0 atom stereocenters. The van der Waals surface area contributed by atoms with Gasteiger partial charge in [0.1, 0.15) is 11.6 Å². The summed E-state index contributed by atoms with van der Waals surface area (Å²) in [5.74, 6) is 2.13. The van der Waals surface area contributed by atoms with Crippen molar-refractivity contribution in [3.8, 4) is 5.69 Å². The van der Waals surface area contributed by atoms with Crippen molar-refractivity contribution in [1.82, 2.24) is 24.6 Å². The summed E-state index contributed by atoms with van der Waals surface area (Å²) in [5, 5.41) is 4.46. The number of aromatic nitrogens is 4. The van der Waals surface area contributed by atoms with Gasteiger partial charge in [0.2, 0.25) is 0 Å². The highest BCUT2D eigenvalue weighted by Gasteiger charge is 2.26. The molecule has 0 unspecified atom stereocenters. The number of halogens is 1. The standard InChI is InChI=1S/C23H27BrN6O/c1-15(2)22-26-16(3)13-21(27-22)28-9-11-29(12-10-28)23(31)20-14-25-30(17(20)4)19-7-5-18(24)6-8-19/h5-8,13-15H,9-12H2,1-4H3. The first kappa shape index (κ1) is 21.5. The summed E-state index contributed by atoms with van der Waals surface area (Å²) in [6.45, 7) is 11.0. The Bertz CT molecular complexity index is 1080. The zero-order valence-corrected chi connectivity index (χ0v) is 19.9. The summed E-state index contributed by atoms with van der Waals surface area (Å²) in [6, 6.07) is 9.92. The molecular formula is C23H27BrN6O. The van der Waals surface area contributed by atoms with Crippen molar-refractivity contribution >= 4 is 27.7 Å². The maximum Gasteiger partial charge on any atom is 0.257 e. The van der Waals surface area contributed by atoms with Crippen LogP contribution in [-0.2, 0) is 0 Å². The monoisotopic (exact) mass is 482 g/mol. The van der Waals surface area contributed by atoms with Crippen LogP contribution in [0.3, 0.4) is 0 Å². The predicted octanol–water partition coefficient (Wildman–Crippen LogP) is 4.13. The van der Waals surface area contributed by atoms with Crippen LogP contribution in [0.2, 0.25) is 0 Å². The lowest BCUT2D eigenvalue weighted by Gasteiger charge is -2.35. The van der Waals surface area contributed by atoms with E-state index in [1.807, 2.05) is 53.8 Å². The number of piperazine rings is 1. The van der Waals surface area contributed by atoms with Crippen molar-refractivity contribution in [2.24, 2.45) is 0 Å². The van der Waals surface area contributed by atoms with Crippen molar-refractivity contribution in [3.05, 3.63) is 63.8 Å². The Labute approximate surface area is 191 Å². The van der Waals surface area contributed by atoms with Crippen molar-refractivity contribution < 1.29 is 4.79 Å². The molecule has 0 saturated carbocycles. The Hall–Kier alpha value is -2.74. The van der Waals surface area contributed by atoms with Crippen molar-refractivity contribution in [2.45, 2.75) is 33.6 Å². The lowest BCUT2D eigenvalue weighted by atomic mass is 10.2. The fourth-order valence-corrected chi connectivity index (χ4v) is 4.03. The van der Waals surface area contributed by atoms with E-state index in [0.717, 1.165) is 46.3 Å². The second-order valence-electron chi connectivity index (χ2n) is 8.19. The molecule has 2 aromatic heterocycles. The first-order valence-corrected chi connectivity index (χ1v) is 11.3. The third kappa shape index (κ3) is 4.49. The van der Waals surface area contributed by atoms with E-state index in [1.54, 1.807) is 6.20 Å². The van der Waals surface area contributed by atoms with Crippen molar-refractivity contribution in [2.75, 3.05) is 31.1 Å². The third-order valence-corrected chi connectivity index (χ3v) is 6.11. The molecule has 3 aromatic rings. The van der Waals surface area contributed by atoms with Crippen LogP contribution in [0.5, 0.6) is 0 Å². The van der Waals surface area contributed by atoms with Gasteiger partial charge in [-0.25, -0.2) is 14.6 Å². The minimum absolute atomic E-state index is 0.0299. The summed E-state index contributed by atoms with van der Waals surface area (Å²) >= 11 is 3.45. The van der Waals surface area contributed by atoms with Crippen LogP contribution in [0.25, 0.3) is 5.69 Å². The van der Waals surface area contributed by atoms with Crippen LogP contribution in [0.4, 0.5) is 5.82 Å². The van der Waals surface area contributed by atoms with Crippen LogP contribution < -0.4 is 4.90 Å². The number of amides is 1. The Morgan fingerprint density at radius 1 is 1.03 bits per heavy atom. The average molecular weight is 483 g/mol. The van der Waals surface area contributed by atoms with Gasteiger partial charge >= 0.3 is 0 Å². The molecule has 7 nitrogen and oxygen atoms in total. The van der Waals surface area contributed by atoms with Gasteiger partial charge in [-0.15, -0.1) is 0 Å². The zero-order chi connectivity index (χ0) is 22.1. The molecule has 1 amide bonds. The summed E-state index contributed by atoms with van der Waals surface area (Å²) in [5.41, 5.74) is 3.41. The van der Waals surface area contributed by atoms with Gasteiger partial charge in [-0.05, 0) is 38.1 Å². The molecule has 31 heavy (non-hydrogen) atoms. The molecule has 0 N–H and O–H groups in total. The quantitative estimate of drug-likeness (QED) is 0.559. The van der Waals surface area contributed by atoms with E-state index < -0.39 is 0 Å². The number of rotatable bonds is 4. The smallest absolute Gasteiger partial charge is 0.257 e. The Balaban J connectivity index is 1.46. The largest absolute Gasteiger partial charge is 0.353 e. The van der Waals surface area contributed by atoms with Gasteiger partial charge < -0.3 is 9.80 Å². The van der Waals surface area contributed by atoms with Gasteiger partial charge in [0.05, 0.1) is 23.1 Å². The SMILES string of the molecule is Cc1cc(N2CCN(C(=O)c3cnn(-c4ccc(Br)cc4)c3C)CC2)nc(C(C)C)n1. The van der Waals surface area contributed by atoms with Crippen LogP contribution in [0.1, 0.15) is 47.3 Å². The first-order valence-electron chi connectivity index (χ1n) is 10.5. The molecule has 0 aliphatic carbocycles. The number of carbonyl (C=O) groups excluding carboxylic acids is 1. The molecule has 3 heterocycles. The van der Waals surface area contributed by atoms with E-state index in [4.69, 9.17) is 4.98 Å². The van der Waals surface area contributed by atoms with Gasteiger partial charge in [-0.1, -0.05) is 29.8 Å². The maximum atomic E-state index is 13.2. The van der Waals surface area contributed by atoms with E-state index >= 15 is 0 Å². The van der Waals surface area contributed by atoms with Crippen LogP contribution >= 0.6 is 15.9 Å². The maximum absolute atomic E-state index is 13.2. The molecule has 4 rings (SSSR count). The number of benzene rings is 1. The van der Waals surface area contributed by atoms with E-state index in [9.17, 15) is 4.79 Å². The summed E-state index contributed by atoms with van der Waals surface area (Å²) < 4.78 is 2.82. The summed E-state index contributed by atoms with van der Waals surface area (Å²) in [7, 11) is 0. The molecule has 1 aliphatic heterocycles. The molecule has 162 valence electrons. The normalized spacial score (nSPS) is 14.4. The minimum atomic E-state index is 0.0299.